The number of hydrogen-bond donors (Lipinski definition) is 1. The third-order valence-corrected chi connectivity index (χ3v) is 3.55. The Kier molecular flexibility index (Phi) is 4.86. The summed E-state index contributed by atoms with van der Waals surface area (Å²) in [6.07, 6.45) is 1.65. The molecule has 0 saturated heterocycles. The van der Waals surface area contributed by atoms with Crippen LogP contribution in [0.4, 0.5) is 0 Å². The van der Waals surface area contributed by atoms with Crippen molar-refractivity contribution in [3.05, 3.63) is 77.6 Å². The summed E-state index contributed by atoms with van der Waals surface area (Å²) in [6, 6.07) is 17.5. The molecule has 0 bridgehead atoms. The minimum Gasteiger partial charge on any atom is -0.497 e. The number of hydrogen-bond acceptors (Lipinski definition) is 4. The molecule has 3 aromatic rings. The van der Waals surface area contributed by atoms with Gasteiger partial charge < -0.3 is 10.1 Å². The molecule has 1 heterocycles. The second-order valence-electron chi connectivity index (χ2n) is 5.32. The SMILES string of the molecule is COc1cccc(CNC(=O)c2cn(Cc3ccccc3)nn2)c1. The third-order valence-electron chi connectivity index (χ3n) is 3.55. The van der Waals surface area contributed by atoms with E-state index in [9.17, 15) is 4.79 Å². The summed E-state index contributed by atoms with van der Waals surface area (Å²) in [7, 11) is 1.61. The zero-order valence-electron chi connectivity index (χ0n) is 13.3. The summed E-state index contributed by atoms with van der Waals surface area (Å²) in [5.41, 5.74) is 2.36. The molecule has 6 nitrogen and oxygen atoms in total. The predicted molar refractivity (Wildman–Crippen MR) is 89.7 cm³/mol. The highest BCUT2D eigenvalue weighted by molar-refractivity contribution is 5.91. The van der Waals surface area contributed by atoms with Crippen molar-refractivity contribution >= 4 is 5.91 Å². The van der Waals surface area contributed by atoms with Crippen LogP contribution in [-0.2, 0) is 13.1 Å². The fourth-order valence-electron chi connectivity index (χ4n) is 2.31. The van der Waals surface area contributed by atoms with Gasteiger partial charge in [-0.3, -0.25) is 4.79 Å². The Balaban J connectivity index is 1.59. The van der Waals surface area contributed by atoms with Gasteiger partial charge in [-0.2, -0.15) is 0 Å². The van der Waals surface area contributed by atoms with Crippen LogP contribution in [0, 0.1) is 0 Å². The lowest BCUT2D eigenvalue weighted by molar-refractivity contribution is 0.0945. The van der Waals surface area contributed by atoms with Crippen molar-refractivity contribution in [1.82, 2.24) is 20.3 Å². The summed E-state index contributed by atoms with van der Waals surface area (Å²) < 4.78 is 6.82. The molecule has 1 aromatic heterocycles. The lowest BCUT2D eigenvalue weighted by Gasteiger charge is -2.05. The first-order valence-corrected chi connectivity index (χ1v) is 7.60. The molecule has 24 heavy (non-hydrogen) atoms. The van der Waals surface area contributed by atoms with Crippen molar-refractivity contribution < 1.29 is 9.53 Å². The average molecular weight is 322 g/mol. The molecule has 0 unspecified atom stereocenters. The van der Waals surface area contributed by atoms with Crippen LogP contribution in [0.2, 0.25) is 0 Å². The van der Waals surface area contributed by atoms with E-state index >= 15 is 0 Å². The molecular formula is C18H18N4O2. The standard InChI is InChI=1S/C18H18N4O2/c1-24-16-9-5-8-15(10-16)11-19-18(23)17-13-22(21-20-17)12-14-6-3-2-4-7-14/h2-10,13H,11-12H2,1H3,(H,19,23). The fraction of sp³-hybridized carbons (Fsp3) is 0.167. The van der Waals surface area contributed by atoms with Crippen molar-refractivity contribution in [1.29, 1.82) is 0 Å². The number of amides is 1. The van der Waals surface area contributed by atoms with Crippen LogP contribution in [0.3, 0.4) is 0 Å². The second-order valence-corrected chi connectivity index (χ2v) is 5.32. The smallest absolute Gasteiger partial charge is 0.273 e. The Morgan fingerprint density at radius 2 is 1.92 bits per heavy atom. The Bertz CT molecular complexity index is 815. The zero-order chi connectivity index (χ0) is 16.8. The highest BCUT2D eigenvalue weighted by Crippen LogP contribution is 2.12. The highest BCUT2D eigenvalue weighted by atomic mass is 16.5. The number of methoxy groups -OCH3 is 1. The normalized spacial score (nSPS) is 10.4. The van der Waals surface area contributed by atoms with Gasteiger partial charge in [0.25, 0.3) is 5.91 Å². The summed E-state index contributed by atoms with van der Waals surface area (Å²) in [4.78, 5) is 12.2. The van der Waals surface area contributed by atoms with Gasteiger partial charge in [-0.05, 0) is 23.3 Å². The maximum absolute atomic E-state index is 12.2. The van der Waals surface area contributed by atoms with Gasteiger partial charge in [0.1, 0.15) is 5.75 Å². The average Bonchev–Trinajstić information content (AvgIpc) is 3.09. The van der Waals surface area contributed by atoms with Gasteiger partial charge in [0, 0.05) is 6.54 Å². The maximum atomic E-state index is 12.2. The van der Waals surface area contributed by atoms with Crippen molar-refractivity contribution in [3.63, 3.8) is 0 Å². The van der Waals surface area contributed by atoms with Gasteiger partial charge in [-0.25, -0.2) is 4.68 Å². The molecule has 0 atom stereocenters. The molecule has 3 rings (SSSR count). The first-order valence-electron chi connectivity index (χ1n) is 7.60. The lowest BCUT2D eigenvalue weighted by Crippen LogP contribution is -2.23. The Morgan fingerprint density at radius 1 is 1.12 bits per heavy atom. The number of nitrogens with one attached hydrogen (secondary N) is 1. The largest absolute Gasteiger partial charge is 0.497 e. The molecule has 122 valence electrons. The van der Waals surface area contributed by atoms with E-state index in [2.05, 4.69) is 15.6 Å². The van der Waals surface area contributed by atoms with Crippen LogP contribution < -0.4 is 10.1 Å². The number of carbonyl (C=O) groups excluding carboxylic acids is 1. The Labute approximate surface area is 140 Å². The molecule has 1 N–H and O–H groups in total. The molecule has 0 fully saturated rings. The minimum absolute atomic E-state index is 0.253. The Morgan fingerprint density at radius 3 is 2.71 bits per heavy atom. The molecule has 6 heteroatoms. The van der Waals surface area contributed by atoms with Crippen molar-refractivity contribution in [2.24, 2.45) is 0 Å². The van der Waals surface area contributed by atoms with Crippen LogP contribution in [-0.4, -0.2) is 28.0 Å². The molecule has 2 aromatic carbocycles. The molecular weight excluding hydrogens is 304 g/mol. The summed E-state index contributed by atoms with van der Waals surface area (Å²) >= 11 is 0. The van der Waals surface area contributed by atoms with E-state index < -0.39 is 0 Å². The molecule has 1 amide bonds. The molecule has 0 saturated carbocycles. The highest BCUT2D eigenvalue weighted by Gasteiger charge is 2.10. The van der Waals surface area contributed by atoms with Crippen LogP contribution in [0.15, 0.2) is 60.8 Å². The second kappa shape index (κ2) is 7.41. The van der Waals surface area contributed by atoms with Gasteiger partial charge >= 0.3 is 0 Å². The van der Waals surface area contributed by atoms with Crippen LogP contribution in [0.25, 0.3) is 0 Å². The van der Waals surface area contributed by atoms with Crippen LogP contribution >= 0.6 is 0 Å². The van der Waals surface area contributed by atoms with Crippen molar-refractivity contribution in [2.75, 3.05) is 7.11 Å². The molecule has 0 aliphatic rings. The van der Waals surface area contributed by atoms with Crippen LogP contribution in [0.1, 0.15) is 21.6 Å². The topological polar surface area (TPSA) is 69.0 Å². The molecule has 0 spiro atoms. The van der Waals surface area contributed by atoms with E-state index in [1.54, 1.807) is 18.0 Å². The van der Waals surface area contributed by atoms with E-state index in [-0.39, 0.29) is 5.91 Å². The van der Waals surface area contributed by atoms with E-state index in [4.69, 9.17) is 4.74 Å². The number of rotatable bonds is 6. The predicted octanol–water partition coefficient (Wildman–Crippen LogP) is 2.27. The quantitative estimate of drug-likeness (QED) is 0.756. The minimum atomic E-state index is -0.253. The third kappa shape index (κ3) is 3.98. The van der Waals surface area contributed by atoms with E-state index in [1.165, 1.54) is 0 Å². The van der Waals surface area contributed by atoms with E-state index in [1.807, 2.05) is 54.6 Å². The zero-order valence-corrected chi connectivity index (χ0v) is 13.3. The van der Waals surface area contributed by atoms with Gasteiger partial charge in [0.2, 0.25) is 0 Å². The number of carbonyl (C=O) groups is 1. The first kappa shape index (κ1) is 15.7. The Hall–Kier alpha value is -3.15. The summed E-state index contributed by atoms with van der Waals surface area (Å²) in [5, 5.41) is 10.8. The van der Waals surface area contributed by atoms with Crippen molar-refractivity contribution in [2.45, 2.75) is 13.1 Å². The number of ether oxygens (including phenoxy) is 1. The number of aromatic nitrogens is 3. The van der Waals surface area contributed by atoms with E-state index in [0.717, 1.165) is 16.9 Å². The molecule has 0 aliphatic carbocycles. The number of benzene rings is 2. The lowest BCUT2D eigenvalue weighted by atomic mass is 10.2. The first-order chi connectivity index (χ1) is 11.7. The van der Waals surface area contributed by atoms with Gasteiger partial charge in [-0.1, -0.05) is 47.7 Å². The maximum Gasteiger partial charge on any atom is 0.273 e. The molecule has 0 radical (unpaired) electrons. The van der Waals surface area contributed by atoms with Crippen molar-refractivity contribution in [3.8, 4) is 5.75 Å². The summed E-state index contributed by atoms with van der Waals surface area (Å²) in [6.45, 7) is 0.985. The van der Waals surface area contributed by atoms with Crippen LogP contribution in [0.5, 0.6) is 5.75 Å². The van der Waals surface area contributed by atoms with Gasteiger partial charge in [0.05, 0.1) is 19.9 Å². The van der Waals surface area contributed by atoms with Gasteiger partial charge in [-0.15, -0.1) is 5.10 Å². The fourth-order valence-corrected chi connectivity index (χ4v) is 2.31. The number of nitrogens with zero attached hydrogens (tertiary/aromatic N) is 3. The van der Waals surface area contributed by atoms with Gasteiger partial charge in [0.15, 0.2) is 5.69 Å². The summed E-state index contributed by atoms with van der Waals surface area (Å²) in [5.74, 6) is 0.507. The molecule has 0 aliphatic heterocycles. The van der Waals surface area contributed by atoms with E-state index in [0.29, 0.717) is 18.8 Å². The monoisotopic (exact) mass is 322 g/mol.